The molecule has 12 rings (SSSR count). The summed E-state index contributed by atoms with van der Waals surface area (Å²) in [6.07, 6.45) is 0.369. The fraction of sp³-hybridized carbons (Fsp3) is 0.875. The number of hydrogen-bond acceptors (Lipinski definition) is 15. The molecule has 0 spiro atoms. The van der Waals surface area contributed by atoms with Crippen LogP contribution in [0.15, 0.2) is 23.3 Å². The molecule has 0 aromatic carbocycles. The van der Waals surface area contributed by atoms with Crippen LogP contribution in [0, 0.1) is 100 Å². The maximum Gasteiger partial charge on any atom is 0.335 e. The van der Waals surface area contributed by atoms with Crippen LogP contribution in [0.3, 0.4) is 0 Å². The quantitative estimate of drug-likeness (QED) is 0.0798. The van der Waals surface area contributed by atoms with Crippen molar-refractivity contribution in [1.29, 1.82) is 0 Å². The molecule has 2 heterocycles. The Morgan fingerprint density at radius 3 is 1.66 bits per heavy atom. The summed E-state index contributed by atoms with van der Waals surface area (Å²) >= 11 is 0. The van der Waals surface area contributed by atoms with E-state index in [-0.39, 0.29) is 73.5 Å². The smallest absolute Gasteiger partial charge is 0.335 e. The zero-order valence-corrected chi connectivity index (χ0v) is 56.6. The number of carbonyl (C=O) groups is 5. The van der Waals surface area contributed by atoms with Crippen LogP contribution in [0.25, 0.3) is 0 Å². The molecule has 0 radical (unpaired) electrons. The molecule has 10 aliphatic carbocycles. The minimum absolute atomic E-state index is 0.0217. The molecule has 2 saturated heterocycles. The topological polar surface area (TPSA) is 325 Å². The van der Waals surface area contributed by atoms with Gasteiger partial charge in [0.15, 0.2) is 30.6 Å². The average Bonchev–Trinajstić information content (AvgIpc) is 0.681. The number of aliphatic carboxylic acids is 4. The maximum atomic E-state index is 14.8. The Bertz CT molecular complexity index is 2990. The van der Waals surface area contributed by atoms with Gasteiger partial charge in [0.1, 0.15) is 36.6 Å². The number of hydrogen-bond donors (Lipinski definition) is 10. The fourth-order valence-electron chi connectivity index (χ4n) is 24.0. The molecule has 0 aromatic rings. The van der Waals surface area contributed by atoms with Gasteiger partial charge in [-0.1, -0.05) is 107 Å². The van der Waals surface area contributed by atoms with Gasteiger partial charge in [0.25, 0.3) is 0 Å². The Kier molecular flexibility index (Phi) is 16.9. The number of aliphatic hydroxyl groups is 6. The van der Waals surface area contributed by atoms with E-state index < -0.39 is 118 Å². The van der Waals surface area contributed by atoms with E-state index in [1.54, 1.807) is 0 Å². The third-order valence-electron chi connectivity index (χ3n) is 30.3. The molecular formula is C72H110O19. The molecule has 8 saturated carbocycles. The first kappa shape index (κ1) is 69.0. The first-order valence-electron chi connectivity index (χ1n) is 34.5. The number of carboxylic acids is 4. The normalized spacial score (nSPS) is 52.5. The van der Waals surface area contributed by atoms with Crippen molar-refractivity contribution in [3.8, 4) is 0 Å². The standard InChI is InChI=1S/C42H62O16.C30H48O3/c1-37(2)21-8-11-42(7)31(20(43)16-18-19-17-39(4,36(53)54)13-12-38(19,3)14-15-41(18,42)6)40(21,5)10-9-22(37)55-35-30(26(47)25(46)29(57-35)33(51)52)58-34-27(48)23(44)24(45)28(56-34)32(49)50;1-25(2)14-16-30(24(32)33)17-15-28(6)19(20(30)18-25)8-9-22-27(5)12-11-23(31)26(3,4)21(27)10-13-29(22,28)7/h16,19,21-31,34-35,44-48H,8-15,17H2,1-7H3,(H,49,50)(H,51,52)(H,53,54);8,20-23,31H,9-18H2,1-7H3,(H,32,33)/t19-,21-,22-,23-,24-,25-,26-,27+,28-,29-,30+,31+,34-,35-,38+,39-,40-,41+,42+;20-,21-,22+,23-,27-,28+,29+,30-/m00/s1. The van der Waals surface area contributed by atoms with Crippen molar-refractivity contribution < 1.29 is 94.0 Å². The van der Waals surface area contributed by atoms with E-state index in [1.807, 2.05) is 26.8 Å². The van der Waals surface area contributed by atoms with Crippen LogP contribution >= 0.6 is 0 Å². The lowest BCUT2D eigenvalue weighted by Gasteiger charge is -2.71. The van der Waals surface area contributed by atoms with Crippen LogP contribution in [-0.2, 0) is 42.9 Å². The Morgan fingerprint density at radius 1 is 0.495 bits per heavy atom. The predicted octanol–water partition coefficient (Wildman–Crippen LogP) is 9.48. The number of rotatable bonds is 8. The summed E-state index contributed by atoms with van der Waals surface area (Å²) in [5.74, 6) is -3.66. The van der Waals surface area contributed by atoms with Crippen molar-refractivity contribution in [3.63, 3.8) is 0 Å². The lowest BCUT2D eigenvalue weighted by Crippen LogP contribution is -2.68. The Balaban J connectivity index is 0.000000217. The van der Waals surface area contributed by atoms with Crippen LogP contribution in [0.5, 0.6) is 0 Å². The highest BCUT2D eigenvalue weighted by atomic mass is 16.8. The molecule has 27 atom stereocenters. The van der Waals surface area contributed by atoms with Crippen LogP contribution in [0.2, 0.25) is 0 Å². The zero-order chi connectivity index (χ0) is 67.1. The summed E-state index contributed by atoms with van der Waals surface area (Å²) in [5.41, 5.74) is -0.134. The second-order valence-electron chi connectivity index (χ2n) is 35.7. The summed E-state index contributed by atoms with van der Waals surface area (Å²) in [6.45, 7) is 31.8. The van der Waals surface area contributed by atoms with Crippen molar-refractivity contribution in [3.05, 3.63) is 23.3 Å². The van der Waals surface area contributed by atoms with Crippen molar-refractivity contribution in [2.45, 2.75) is 293 Å². The number of fused-ring (bicyclic) bond motifs is 14. The molecule has 19 heteroatoms. The maximum absolute atomic E-state index is 14.8. The molecule has 0 unspecified atom stereocenters. The molecule has 10 N–H and O–H groups in total. The van der Waals surface area contributed by atoms with Crippen molar-refractivity contribution >= 4 is 29.7 Å². The van der Waals surface area contributed by atoms with Gasteiger partial charge in [-0.2, -0.15) is 0 Å². The number of ketones is 1. The average molecular weight is 1280 g/mol. The van der Waals surface area contributed by atoms with Gasteiger partial charge >= 0.3 is 23.9 Å². The first-order valence-corrected chi connectivity index (χ1v) is 34.5. The monoisotopic (exact) mass is 1280 g/mol. The summed E-state index contributed by atoms with van der Waals surface area (Å²) in [5, 5.41) is 104. The Hall–Kier alpha value is -3.37. The molecule has 19 nitrogen and oxygen atoms in total. The number of carbonyl (C=O) groups excluding carboxylic acids is 1. The van der Waals surface area contributed by atoms with E-state index in [0.29, 0.717) is 37.5 Å². The molecule has 0 aromatic heterocycles. The van der Waals surface area contributed by atoms with Crippen LogP contribution in [0.1, 0.15) is 219 Å². The minimum Gasteiger partial charge on any atom is -0.481 e. The van der Waals surface area contributed by atoms with E-state index in [9.17, 15) is 75.0 Å². The lowest BCUT2D eigenvalue weighted by molar-refractivity contribution is -0.371. The van der Waals surface area contributed by atoms with Crippen molar-refractivity contribution in [2.75, 3.05) is 0 Å². The molecule has 0 bridgehead atoms. The summed E-state index contributed by atoms with van der Waals surface area (Å²) in [4.78, 5) is 64.1. The summed E-state index contributed by atoms with van der Waals surface area (Å²) in [7, 11) is 0. The van der Waals surface area contributed by atoms with Gasteiger partial charge in [-0.05, 0) is 219 Å². The molecule has 10 fully saturated rings. The van der Waals surface area contributed by atoms with Crippen LogP contribution < -0.4 is 0 Å². The predicted molar refractivity (Wildman–Crippen MR) is 332 cm³/mol. The van der Waals surface area contributed by atoms with Crippen molar-refractivity contribution in [1.82, 2.24) is 0 Å². The first-order chi connectivity index (χ1) is 41.9. The second-order valence-corrected chi connectivity index (χ2v) is 35.7. The third kappa shape index (κ3) is 9.96. The second kappa shape index (κ2) is 22.3. The van der Waals surface area contributed by atoms with E-state index in [0.717, 1.165) is 89.0 Å². The number of carboxylic acid groups (broad SMARTS) is 4. The van der Waals surface area contributed by atoms with Crippen LogP contribution in [0.4, 0.5) is 0 Å². The lowest BCUT2D eigenvalue weighted by atomic mass is 9.33. The van der Waals surface area contributed by atoms with E-state index in [2.05, 4.69) is 82.2 Å². The van der Waals surface area contributed by atoms with Gasteiger partial charge in [0.05, 0.1) is 23.0 Å². The third-order valence-corrected chi connectivity index (χ3v) is 30.3. The highest BCUT2D eigenvalue weighted by molar-refractivity contribution is 5.96. The van der Waals surface area contributed by atoms with Crippen molar-refractivity contribution in [2.24, 2.45) is 100 Å². The largest absolute Gasteiger partial charge is 0.481 e. The van der Waals surface area contributed by atoms with Gasteiger partial charge in [0.2, 0.25) is 0 Å². The SMILES string of the molecule is CC1(C)CC[C@]2(C(=O)O)CC[C@]3(C)C(=CC[C@@H]4[C@@]5(C)CC[C@H](O)C(C)(C)[C@@H]5CC[C@]43C)[C@@H]2C1.CC1(C)[C@@H](O[C@H]2O[C@H](C(=O)O)[C@@H](O)[C@H](O)[C@H]2O[C@@H]2O[C@H](C(=O)O)[C@@H](O)[C@H](O)[C@H]2O)CC[C@]2(C)[C@H]3C(=O)C=C4[C@@H]5C[C@@](C)(C(=O)O)CC[C@]5(C)CC[C@@]4(C)[C@]3(C)CC[C@@H]12. The molecule has 0 amide bonds. The molecule has 91 heavy (non-hydrogen) atoms. The Morgan fingerprint density at radius 2 is 1.04 bits per heavy atom. The summed E-state index contributed by atoms with van der Waals surface area (Å²) < 4.78 is 23.4. The van der Waals surface area contributed by atoms with Gasteiger partial charge in [-0.3, -0.25) is 14.4 Å². The summed E-state index contributed by atoms with van der Waals surface area (Å²) in [6, 6.07) is 0. The van der Waals surface area contributed by atoms with Crippen LogP contribution in [-0.4, -0.2) is 154 Å². The van der Waals surface area contributed by atoms with Gasteiger partial charge < -0.3 is 70.0 Å². The molecular weight excluding hydrogens is 1170 g/mol. The highest BCUT2D eigenvalue weighted by Gasteiger charge is 2.73. The van der Waals surface area contributed by atoms with E-state index >= 15 is 0 Å². The number of aliphatic hydroxyl groups excluding tert-OH is 6. The zero-order valence-electron chi connectivity index (χ0n) is 56.6. The van der Waals surface area contributed by atoms with Gasteiger partial charge in [-0.25, -0.2) is 9.59 Å². The Labute approximate surface area is 537 Å². The molecule has 512 valence electrons. The molecule has 2 aliphatic heterocycles. The highest BCUT2D eigenvalue weighted by Crippen LogP contribution is 2.78. The van der Waals surface area contributed by atoms with Gasteiger partial charge in [0, 0.05) is 5.92 Å². The number of ether oxygens (including phenoxy) is 4. The molecule has 12 aliphatic rings. The van der Waals surface area contributed by atoms with E-state index in [4.69, 9.17) is 18.9 Å². The minimum atomic E-state index is -2.05. The fourth-order valence-corrected chi connectivity index (χ4v) is 24.0. The number of allylic oxidation sites excluding steroid dienone is 4. The van der Waals surface area contributed by atoms with E-state index in [1.165, 1.54) is 18.4 Å². The van der Waals surface area contributed by atoms with Gasteiger partial charge in [-0.15, -0.1) is 0 Å².